The Bertz CT molecular complexity index is 703. The molecule has 1 amide bonds. The van der Waals surface area contributed by atoms with Gasteiger partial charge in [0.2, 0.25) is 5.91 Å². The van der Waals surface area contributed by atoms with Crippen LogP contribution < -0.4 is 14.8 Å². The molecule has 0 bridgehead atoms. The number of benzene rings is 2. The van der Waals surface area contributed by atoms with Crippen molar-refractivity contribution in [2.24, 2.45) is 0 Å². The maximum Gasteiger partial charge on any atom is 0.224 e. The summed E-state index contributed by atoms with van der Waals surface area (Å²) in [7, 11) is 0. The number of rotatable bonds is 7. The minimum Gasteiger partial charge on any atom is -0.486 e. The van der Waals surface area contributed by atoms with Crippen LogP contribution in [0.2, 0.25) is 0 Å². The van der Waals surface area contributed by atoms with E-state index >= 15 is 0 Å². The summed E-state index contributed by atoms with van der Waals surface area (Å²) in [6, 6.07) is 15.8. The summed E-state index contributed by atoms with van der Waals surface area (Å²) in [6.45, 7) is 5.11. The number of fused-ring (bicyclic) bond motifs is 1. The van der Waals surface area contributed by atoms with E-state index in [1.807, 2.05) is 60.4 Å². The van der Waals surface area contributed by atoms with Gasteiger partial charge in [0.05, 0.1) is 0 Å². The third kappa shape index (κ3) is 4.66. The second kappa shape index (κ2) is 8.42. The molecule has 25 heavy (non-hydrogen) atoms. The van der Waals surface area contributed by atoms with E-state index < -0.39 is 0 Å². The summed E-state index contributed by atoms with van der Waals surface area (Å²) in [5, 5.41) is 3.29. The first-order valence-corrected chi connectivity index (χ1v) is 8.71. The van der Waals surface area contributed by atoms with Gasteiger partial charge in [-0.15, -0.1) is 0 Å². The maximum atomic E-state index is 12.4. The minimum atomic E-state index is 0.149. The van der Waals surface area contributed by atoms with Crippen molar-refractivity contribution < 1.29 is 14.3 Å². The van der Waals surface area contributed by atoms with Crippen molar-refractivity contribution in [1.82, 2.24) is 4.90 Å². The Morgan fingerprint density at radius 3 is 2.60 bits per heavy atom. The number of hydrogen-bond donors (Lipinski definition) is 1. The zero-order chi connectivity index (χ0) is 17.5. The predicted molar refractivity (Wildman–Crippen MR) is 98.1 cm³/mol. The van der Waals surface area contributed by atoms with Crippen LogP contribution in [0.4, 0.5) is 5.69 Å². The Kier molecular flexibility index (Phi) is 5.77. The third-order valence-corrected chi connectivity index (χ3v) is 4.16. The average molecular weight is 340 g/mol. The van der Waals surface area contributed by atoms with Gasteiger partial charge in [-0.1, -0.05) is 30.3 Å². The highest BCUT2D eigenvalue weighted by atomic mass is 16.6. The lowest BCUT2D eigenvalue weighted by atomic mass is 10.2. The van der Waals surface area contributed by atoms with E-state index in [1.54, 1.807) is 0 Å². The van der Waals surface area contributed by atoms with E-state index in [2.05, 4.69) is 5.32 Å². The molecule has 132 valence electrons. The second-order valence-corrected chi connectivity index (χ2v) is 5.93. The van der Waals surface area contributed by atoms with Crippen LogP contribution in [-0.4, -0.2) is 37.1 Å². The van der Waals surface area contributed by atoms with Gasteiger partial charge < -0.3 is 19.7 Å². The monoisotopic (exact) mass is 340 g/mol. The normalized spacial score (nSPS) is 12.5. The summed E-state index contributed by atoms with van der Waals surface area (Å²) in [4.78, 5) is 14.3. The van der Waals surface area contributed by atoms with Gasteiger partial charge in [-0.05, 0) is 24.6 Å². The molecule has 0 aliphatic carbocycles. The first kappa shape index (κ1) is 17.1. The highest BCUT2D eigenvalue weighted by Crippen LogP contribution is 2.32. The fraction of sp³-hybridized carbons (Fsp3) is 0.350. The van der Waals surface area contributed by atoms with Crippen LogP contribution in [0.15, 0.2) is 48.5 Å². The summed E-state index contributed by atoms with van der Waals surface area (Å²) in [5.74, 6) is 1.67. The van der Waals surface area contributed by atoms with Crippen LogP contribution in [-0.2, 0) is 11.3 Å². The molecule has 1 N–H and O–H groups in total. The van der Waals surface area contributed by atoms with Crippen molar-refractivity contribution >= 4 is 11.6 Å². The van der Waals surface area contributed by atoms with Crippen LogP contribution >= 0.6 is 0 Å². The van der Waals surface area contributed by atoms with E-state index in [0.29, 0.717) is 39.3 Å². The maximum absolute atomic E-state index is 12.4. The number of anilines is 1. The van der Waals surface area contributed by atoms with Gasteiger partial charge in [0.15, 0.2) is 11.5 Å². The Hall–Kier alpha value is -2.69. The SMILES string of the molecule is CCN(Cc1ccccc1)C(=O)CCNc1ccc2c(c1)OCCO2. The molecule has 0 aromatic heterocycles. The number of nitrogens with one attached hydrogen (secondary N) is 1. The number of nitrogens with zero attached hydrogens (tertiary/aromatic N) is 1. The average Bonchev–Trinajstić information content (AvgIpc) is 2.66. The molecule has 0 atom stereocenters. The summed E-state index contributed by atoms with van der Waals surface area (Å²) < 4.78 is 11.1. The smallest absolute Gasteiger partial charge is 0.224 e. The number of carbonyl (C=O) groups is 1. The van der Waals surface area contributed by atoms with Gasteiger partial charge in [-0.3, -0.25) is 4.79 Å². The zero-order valence-electron chi connectivity index (χ0n) is 14.5. The fourth-order valence-electron chi connectivity index (χ4n) is 2.81. The zero-order valence-corrected chi connectivity index (χ0v) is 14.5. The van der Waals surface area contributed by atoms with Crippen LogP contribution in [0, 0.1) is 0 Å². The van der Waals surface area contributed by atoms with Crippen molar-refractivity contribution in [3.8, 4) is 11.5 Å². The first-order chi connectivity index (χ1) is 12.3. The largest absolute Gasteiger partial charge is 0.486 e. The van der Waals surface area contributed by atoms with Gasteiger partial charge >= 0.3 is 0 Å². The van der Waals surface area contributed by atoms with Gasteiger partial charge in [0.25, 0.3) is 0 Å². The summed E-state index contributed by atoms with van der Waals surface area (Å²) >= 11 is 0. The Balaban J connectivity index is 1.49. The van der Waals surface area contributed by atoms with Gasteiger partial charge in [0, 0.05) is 37.8 Å². The predicted octanol–water partition coefficient (Wildman–Crippen LogP) is 3.31. The molecule has 2 aromatic carbocycles. The molecule has 5 heteroatoms. The number of amides is 1. The van der Waals surface area contributed by atoms with Gasteiger partial charge in [-0.2, -0.15) is 0 Å². The van der Waals surface area contributed by atoms with Gasteiger partial charge in [0.1, 0.15) is 13.2 Å². The number of carbonyl (C=O) groups excluding carboxylic acids is 1. The highest BCUT2D eigenvalue weighted by Gasteiger charge is 2.13. The van der Waals surface area contributed by atoms with Crippen LogP contribution in [0.25, 0.3) is 0 Å². The molecule has 3 rings (SSSR count). The number of ether oxygens (including phenoxy) is 2. The topological polar surface area (TPSA) is 50.8 Å². The van der Waals surface area contributed by atoms with Gasteiger partial charge in [-0.25, -0.2) is 0 Å². The summed E-state index contributed by atoms with van der Waals surface area (Å²) in [5.41, 5.74) is 2.08. The molecule has 0 unspecified atom stereocenters. The molecule has 0 fully saturated rings. The van der Waals surface area contributed by atoms with Crippen molar-refractivity contribution in [3.05, 3.63) is 54.1 Å². The van der Waals surface area contributed by atoms with E-state index in [9.17, 15) is 4.79 Å². The standard InChI is InChI=1S/C20H24N2O3/c1-2-22(15-16-6-4-3-5-7-16)20(23)10-11-21-17-8-9-18-19(14-17)25-13-12-24-18/h3-9,14,21H,2,10-13,15H2,1H3. The van der Waals surface area contributed by atoms with E-state index in [0.717, 1.165) is 22.7 Å². The highest BCUT2D eigenvalue weighted by molar-refractivity contribution is 5.76. The van der Waals surface area contributed by atoms with Crippen molar-refractivity contribution in [2.75, 3.05) is 31.6 Å². The van der Waals surface area contributed by atoms with Crippen LogP contribution in [0.1, 0.15) is 18.9 Å². The van der Waals surface area contributed by atoms with E-state index in [1.165, 1.54) is 0 Å². The first-order valence-electron chi connectivity index (χ1n) is 8.71. The fourth-order valence-corrected chi connectivity index (χ4v) is 2.81. The molecular weight excluding hydrogens is 316 g/mol. The molecule has 1 aliphatic heterocycles. The van der Waals surface area contributed by atoms with Crippen LogP contribution in [0.5, 0.6) is 11.5 Å². The third-order valence-electron chi connectivity index (χ3n) is 4.16. The molecule has 1 heterocycles. The quantitative estimate of drug-likeness (QED) is 0.840. The second-order valence-electron chi connectivity index (χ2n) is 5.93. The molecule has 1 aliphatic rings. The lowest BCUT2D eigenvalue weighted by Gasteiger charge is -2.22. The molecule has 0 saturated heterocycles. The van der Waals surface area contributed by atoms with Crippen LogP contribution in [0.3, 0.4) is 0 Å². The molecular formula is C20H24N2O3. The molecule has 5 nitrogen and oxygen atoms in total. The van der Waals surface area contributed by atoms with Crippen molar-refractivity contribution in [3.63, 3.8) is 0 Å². The van der Waals surface area contributed by atoms with E-state index in [4.69, 9.17) is 9.47 Å². The molecule has 0 radical (unpaired) electrons. The Morgan fingerprint density at radius 2 is 1.84 bits per heavy atom. The van der Waals surface area contributed by atoms with Crippen molar-refractivity contribution in [1.29, 1.82) is 0 Å². The summed E-state index contributed by atoms with van der Waals surface area (Å²) in [6.07, 6.45) is 0.453. The minimum absolute atomic E-state index is 0.149. The number of hydrogen-bond acceptors (Lipinski definition) is 4. The molecule has 2 aromatic rings. The molecule has 0 spiro atoms. The van der Waals surface area contributed by atoms with Crippen molar-refractivity contribution in [2.45, 2.75) is 19.9 Å². The Morgan fingerprint density at radius 1 is 1.08 bits per heavy atom. The van der Waals surface area contributed by atoms with E-state index in [-0.39, 0.29) is 5.91 Å². The Labute approximate surface area is 148 Å². The molecule has 0 saturated carbocycles. The lowest BCUT2D eigenvalue weighted by molar-refractivity contribution is -0.131. The lowest BCUT2D eigenvalue weighted by Crippen LogP contribution is -2.31.